The second-order valence-corrected chi connectivity index (χ2v) is 7.61. The van der Waals surface area contributed by atoms with Gasteiger partial charge in [-0.2, -0.15) is 0 Å². The van der Waals surface area contributed by atoms with Crippen molar-refractivity contribution in [2.45, 2.75) is 31.3 Å². The first kappa shape index (κ1) is 25.6. The Morgan fingerprint density at radius 1 is 1.23 bits per heavy atom. The van der Waals surface area contributed by atoms with E-state index in [1.54, 1.807) is 21.2 Å². The summed E-state index contributed by atoms with van der Waals surface area (Å²) in [7, 11) is 5.09. The van der Waals surface area contributed by atoms with Crippen LogP contribution in [0.1, 0.15) is 18.4 Å². The van der Waals surface area contributed by atoms with Gasteiger partial charge in [-0.25, -0.2) is 4.99 Å². The van der Waals surface area contributed by atoms with Gasteiger partial charge in [-0.3, -0.25) is 4.79 Å². The first-order chi connectivity index (χ1) is 14.5. The fourth-order valence-corrected chi connectivity index (χ4v) is 3.27. The van der Waals surface area contributed by atoms with Gasteiger partial charge in [0.1, 0.15) is 11.9 Å². The highest BCUT2D eigenvalue weighted by molar-refractivity contribution is 14.0. The van der Waals surface area contributed by atoms with Gasteiger partial charge in [-0.15, -0.1) is 24.0 Å². The molecule has 2 heterocycles. The zero-order valence-corrected chi connectivity index (χ0v) is 20.7. The van der Waals surface area contributed by atoms with Gasteiger partial charge in [-0.05, 0) is 17.7 Å². The third-order valence-electron chi connectivity index (χ3n) is 5.15. The third kappa shape index (κ3) is 7.78. The molecule has 2 fully saturated rings. The predicted molar refractivity (Wildman–Crippen MR) is 128 cm³/mol. The number of likely N-dealkylation sites (N-methyl/N-ethyl adjacent to an activating group) is 1. The summed E-state index contributed by atoms with van der Waals surface area (Å²) in [5.41, 5.74) is 1.04. The summed E-state index contributed by atoms with van der Waals surface area (Å²) in [4.78, 5) is 18.1. The van der Waals surface area contributed by atoms with Crippen LogP contribution in [0.25, 0.3) is 0 Å². The molecule has 3 rings (SSSR count). The summed E-state index contributed by atoms with van der Waals surface area (Å²) < 4.78 is 22.7. The summed E-state index contributed by atoms with van der Waals surface area (Å²) in [6.07, 6.45) is 1.41. The van der Waals surface area contributed by atoms with Crippen molar-refractivity contribution in [2.75, 3.05) is 54.1 Å². The molecule has 2 aliphatic rings. The number of methoxy groups -OCH3 is 1. The average molecular weight is 548 g/mol. The lowest BCUT2D eigenvalue weighted by Crippen LogP contribution is -2.46. The van der Waals surface area contributed by atoms with E-state index < -0.39 is 5.79 Å². The van der Waals surface area contributed by atoms with Crippen LogP contribution in [0.2, 0.25) is 0 Å². The number of rotatable bonds is 7. The lowest BCUT2D eigenvalue weighted by molar-refractivity contribution is -0.210. The van der Waals surface area contributed by atoms with Gasteiger partial charge in [0, 0.05) is 33.5 Å². The monoisotopic (exact) mass is 548 g/mol. The molecule has 0 aromatic heterocycles. The van der Waals surface area contributed by atoms with Gasteiger partial charge in [-0.1, -0.05) is 12.1 Å². The largest absolute Gasteiger partial charge is 0.497 e. The minimum absolute atomic E-state index is 0. The van der Waals surface area contributed by atoms with Crippen LogP contribution in [0.4, 0.5) is 0 Å². The summed E-state index contributed by atoms with van der Waals surface area (Å²) >= 11 is 0. The van der Waals surface area contributed by atoms with Crippen LogP contribution in [0.3, 0.4) is 0 Å². The first-order valence-corrected chi connectivity index (χ1v) is 10.2. The quantitative estimate of drug-likeness (QED) is 0.302. The molecule has 1 aromatic carbocycles. The summed E-state index contributed by atoms with van der Waals surface area (Å²) in [5, 5.41) is 6.37. The van der Waals surface area contributed by atoms with Crippen LogP contribution >= 0.6 is 24.0 Å². The summed E-state index contributed by atoms with van der Waals surface area (Å²) in [6.45, 7) is 3.00. The van der Waals surface area contributed by atoms with E-state index in [-0.39, 0.29) is 42.5 Å². The van der Waals surface area contributed by atoms with Crippen molar-refractivity contribution in [3.63, 3.8) is 0 Å². The van der Waals surface area contributed by atoms with Crippen molar-refractivity contribution in [2.24, 2.45) is 4.99 Å². The zero-order chi connectivity index (χ0) is 21.4. The van der Waals surface area contributed by atoms with Gasteiger partial charge in [0.2, 0.25) is 5.91 Å². The van der Waals surface area contributed by atoms with Crippen LogP contribution in [0.15, 0.2) is 29.3 Å². The fourth-order valence-electron chi connectivity index (χ4n) is 3.27. The van der Waals surface area contributed by atoms with Gasteiger partial charge in [0.25, 0.3) is 0 Å². The number of hydrogen-bond donors (Lipinski definition) is 2. The van der Waals surface area contributed by atoms with Gasteiger partial charge >= 0.3 is 0 Å². The number of guanidine groups is 1. The molecule has 0 aliphatic carbocycles. The number of benzene rings is 1. The van der Waals surface area contributed by atoms with E-state index in [4.69, 9.17) is 18.9 Å². The Balaban J connectivity index is 0.00000341. The Kier molecular flexibility index (Phi) is 10.3. The van der Waals surface area contributed by atoms with Crippen LogP contribution < -0.4 is 15.4 Å². The van der Waals surface area contributed by atoms with Crippen molar-refractivity contribution in [3.05, 3.63) is 29.8 Å². The minimum atomic E-state index is -0.515. The Morgan fingerprint density at radius 3 is 2.58 bits per heavy atom. The molecular weight excluding hydrogens is 515 g/mol. The van der Waals surface area contributed by atoms with Gasteiger partial charge in [0.05, 0.1) is 40.0 Å². The van der Waals surface area contributed by atoms with Crippen molar-refractivity contribution in [3.8, 4) is 5.75 Å². The Bertz CT molecular complexity index is 723. The second kappa shape index (κ2) is 12.4. The highest BCUT2D eigenvalue weighted by Crippen LogP contribution is 2.32. The fraction of sp³-hybridized carbons (Fsp3) is 0.619. The summed E-state index contributed by atoms with van der Waals surface area (Å²) in [5.74, 6) is 0.809. The lowest BCUT2D eigenvalue weighted by atomic mass is 10.1. The minimum Gasteiger partial charge on any atom is -0.497 e. The number of aliphatic imine (C=N–C) groups is 1. The highest BCUT2D eigenvalue weighted by atomic mass is 127. The van der Waals surface area contributed by atoms with Crippen LogP contribution in [0, 0.1) is 0 Å². The number of nitrogens with zero attached hydrogens (tertiary/aromatic N) is 2. The number of nitrogens with one attached hydrogen (secondary N) is 2. The molecule has 0 bridgehead atoms. The molecule has 1 amide bonds. The molecule has 9 nitrogen and oxygen atoms in total. The number of ether oxygens (including phenoxy) is 4. The van der Waals surface area contributed by atoms with Crippen molar-refractivity contribution in [1.82, 2.24) is 15.5 Å². The highest BCUT2D eigenvalue weighted by Gasteiger charge is 2.42. The van der Waals surface area contributed by atoms with Crippen molar-refractivity contribution < 1.29 is 23.7 Å². The number of halogens is 1. The summed E-state index contributed by atoms with van der Waals surface area (Å²) in [6, 6.07) is 7.73. The van der Waals surface area contributed by atoms with E-state index in [0.29, 0.717) is 38.9 Å². The number of amides is 1. The SMILES string of the molecule is COc1ccc(CN=C(NCC(=O)N(C)C)NCC2COC3(CCOCC3)O2)cc1.I. The van der Waals surface area contributed by atoms with Gasteiger partial charge < -0.3 is 34.5 Å². The molecule has 10 heteroatoms. The maximum absolute atomic E-state index is 12.0. The third-order valence-corrected chi connectivity index (χ3v) is 5.15. The number of carbonyl (C=O) groups excluding carboxylic acids is 1. The molecule has 2 N–H and O–H groups in total. The molecule has 0 saturated carbocycles. The molecule has 2 saturated heterocycles. The average Bonchev–Trinajstić information content (AvgIpc) is 3.15. The second-order valence-electron chi connectivity index (χ2n) is 7.61. The van der Waals surface area contributed by atoms with Crippen molar-refractivity contribution in [1.29, 1.82) is 0 Å². The predicted octanol–water partition coefficient (Wildman–Crippen LogP) is 1.36. The van der Waals surface area contributed by atoms with E-state index >= 15 is 0 Å². The number of carbonyl (C=O) groups is 1. The van der Waals surface area contributed by atoms with E-state index in [1.165, 1.54) is 4.90 Å². The van der Waals surface area contributed by atoms with Gasteiger partial charge in [0.15, 0.2) is 11.7 Å². The Hall–Kier alpha value is -1.63. The molecule has 174 valence electrons. The van der Waals surface area contributed by atoms with E-state index in [9.17, 15) is 4.79 Å². The van der Waals surface area contributed by atoms with E-state index in [1.807, 2.05) is 24.3 Å². The standard InChI is InChI=1S/C21H32N4O5.HI/c1-25(2)19(26)14-24-20(22-12-16-4-6-17(27-3)7-5-16)23-13-18-15-29-21(30-18)8-10-28-11-9-21;/h4-7,18H,8-15H2,1-3H3,(H2,22,23,24);1H. The number of hydrogen-bond acceptors (Lipinski definition) is 6. The smallest absolute Gasteiger partial charge is 0.241 e. The molecule has 1 unspecified atom stereocenters. The maximum atomic E-state index is 12.0. The normalized spacial score (nSPS) is 20.1. The van der Waals surface area contributed by atoms with Crippen molar-refractivity contribution >= 4 is 35.8 Å². The zero-order valence-electron chi connectivity index (χ0n) is 18.4. The van der Waals surface area contributed by atoms with Crippen LogP contribution in [-0.4, -0.2) is 82.8 Å². The van der Waals surface area contributed by atoms with Crippen LogP contribution in [0.5, 0.6) is 5.75 Å². The Labute approximate surface area is 200 Å². The first-order valence-electron chi connectivity index (χ1n) is 10.2. The lowest BCUT2D eigenvalue weighted by Gasteiger charge is -2.31. The molecule has 0 radical (unpaired) electrons. The molecule has 2 aliphatic heterocycles. The topological polar surface area (TPSA) is 93.7 Å². The van der Waals surface area contributed by atoms with Crippen LogP contribution in [-0.2, 0) is 25.5 Å². The Morgan fingerprint density at radius 2 is 1.94 bits per heavy atom. The maximum Gasteiger partial charge on any atom is 0.241 e. The molecular formula is C21H33IN4O5. The molecule has 1 atom stereocenters. The van der Waals surface area contributed by atoms with E-state index in [0.717, 1.165) is 24.2 Å². The molecule has 31 heavy (non-hydrogen) atoms. The molecule has 1 spiro atoms. The van der Waals surface area contributed by atoms with E-state index in [2.05, 4.69) is 15.6 Å². The molecule has 1 aromatic rings.